The van der Waals surface area contributed by atoms with Gasteiger partial charge in [0.25, 0.3) is 0 Å². The van der Waals surface area contributed by atoms with Crippen molar-refractivity contribution in [3.63, 3.8) is 0 Å². The molecule has 2 aromatic carbocycles. The van der Waals surface area contributed by atoms with Crippen molar-refractivity contribution >= 4 is 40.3 Å². The van der Waals surface area contributed by atoms with Crippen LogP contribution in [0.3, 0.4) is 0 Å². The highest BCUT2D eigenvalue weighted by molar-refractivity contribution is 6.30. The van der Waals surface area contributed by atoms with E-state index in [2.05, 4.69) is 43.7 Å². The summed E-state index contributed by atoms with van der Waals surface area (Å²) in [5.41, 5.74) is 3.08. The molecule has 4 rings (SSSR count). The first-order chi connectivity index (χ1) is 13.7. The molecule has 144 valence electrons. The topological polar surface area (TPSA) is 62.3 Å². The summed E-state index contributed by atoms with van der Waals surface area (Å²) in [5.74, 6) is 2.15. The van der Waals surface area contributed by atoms with Crippen molar-refractivity contribution in [2.75, 3.05) is 41.8 Å². The minimum Gasteiger partial charge on any atom is -0.378 e. The largest absolute Gasteiger partial charge is 0.378 e. The van der Waals surface area contributed by atoms with E-state index >= 15 is 0 Å². The van der Waals surface area contributed by atoms with Crippen molar-refractivity contribution in [3.8, 4) is 0 Å². The lowest BCUT2D eigenvalue weighted by molar-refractivity contribution is 0.123. The van der Waals surface area contributed by atoms with Crippen LogP contribution in [0.5, 0.6) is 0 Å². The van der Waals surface area contributed by atoms with Crippen molar-refractivity contribution in [2.24, 2.45) is 0 Å². The number of aryl methyl sites for hydroxylation is 1. The van der Waals surface area contributed by atoms with Gasteiger partial charge in [-0.1, -0.05) is 23.7 Å². The maximum atomic E-state index is 5.96. The number of morpholine rings is 1. The van der Waals surface area contributed by atoms with Crippen molar-refractivity contribution in [2.45, 2.75) is 6.92 Å². The zero-order valence-corrected chi connectivity index (χ0v) is 16.4. The maximum Gasteiger partial charge on any atom is 0.136 e. The van der Waals surface area contributed by atoms with Gasteiger partial charge < -0.3 is 20.3 Å². The van der Waals surface area contributed by atoms with Gasteiger partial charge in [0.05, 0.1) is 24.6 Å². The summed E-state index contributed by atoms with van der Waals surface area (Å²) >= 11 is 5.96. The molecule has 0 radical (unpaired) electrons. The number of halogens is 1. The lowest BCUT2D eigenvalue weighted by atomic mass is 10.2. The molecule has 0 spiro atoms. The Morgan fingerprint density at radius 1 is 0.929 bits per heavy atom. The Bertz CT molecular complexity index is 942. The number of para-hydroxylation sites is 2. The van der Waals surface area contributed by atoms with E-state index in [4.69, 9.17) is 16.3 Å². The third-order valence-electron chi connectivity index (χ3n) is 4.47. The number of hydrogen-bond donors (Lipinski definition) is 2. The Hall–Kier alpha value is -2.83. The van der Waals surface area contributed by atoms with Gasteiger partial charge in [0.15, 0.2) is 0 Å². The molecule has 2 heterocycles. The summed E-state index contributed by atoms with van der Waals surface area (Å²) < 4.78 is 5.48. The van der Waals surface area contributed by atoms with Gasteiger partial charge in [0, 0.05) is 29.9 Å². The molecule has 28 heavy (non-hydrogen) atoms. The molecule has 7 heteroatoms. The molecular formula is C21H22ClN5O. The van der Waals surface area contributed by atoms with Gasteiger partial charge in [-0.05, 0) is 43.3 Å². The smallest absolute Gasteiger partial charge is 0.136 e. The van der Waals surface area contributed by atoms with Crippen molar-refractivity contribution < 1.29 is 4.74 Å². The Labute approximate surface area is 169 Å². The van der Waals surface area contributed by atoms with Crippen LogP contribution in [0.1, 0.15) is 5.82 Å². The van der Waals surface area contributed by atoms with Gasteiger partial charge in [0.2, 0.25) is 0 Å². The number of aromatic nitrogens is 2. The Morgan fingerprint density at radius 3 is 2.36 bits per heavy atom. The first kappa shape index (κ1) is 18.5. The molecule has 0 atom stereocenters. The molecule has 0 bridgehead atoms. The van der Waals surface area contributed by atoms with E-state index in [1.165, 1.54) is 0 Å². The first-order valence-corrected chi connectivity index (χ1v) is 9.62. The number of hydrogen-bond acceptors (Lipinski definition) is 6. The van der Waals surface area contributed by atoms with E-state index in [1.807, 2.05) is 43.3 Å². The second-order valence-corrected chi connectivity index (χ2v) is 7.00. The van der Waals surface area contributed by atoms with Crippen molar-refractivity contribution in [1.82, 2.24) is 9.97 Å². The van der Waals surface area contributed by atoms with Gasteiger partial charge in [-0.25, -0.2) is 9.97 Å². The quantitative estimate of drug-likeness (QED) is 0.649. The predicted molar refractivity (Wildman–Crippen MR) is 114 cm³/mol. The minimum absolute atomic E-state index is 0.685. The fourth-order valence-corrected chi connectivity index (χ4v) is 3.30. The summed E-state index contributed by atoms with van der Waals surface area (Å²) in [5, 5.41) is 7.45. The van der Waals surface area contributed by atoms with E-state index in [0.717, 1.165) is 55.0 Å². The molecule has 1 fully saturated rings. The highest BCUT2D eigenvalue weighted by Crippen LogP contribution is 2.29. The van der Waals surface area contributed by atoms with E-state index < -0.39 is 0 Å². The zero-order valence-electron chi connectivity index (χ0n) is 15.7. The fourth-order valence-electron chi connectivity index (χ4n) is 3.17. The SMILES string of the molecule is Cc1nc(Nc2ccc(Cl)cc2)cc(Nc2ccccc2N2CCOCC2)n1. The molecule has 6 nitrogen and oxygen atoms in total. The highest BCUT2D eigenvalue weighted by atomic mass is 35.5. The maximum absolute atomic E-state index is 5.96. The lowest BCUT2D eigenvalue weighted by Crippen LogP contribution is -2.36. The average molecular weight is 396 g/mol. The van der Waals surface area contributed by atoms with Gasteiger partial charge in [-0.15, -0.1) is 0 Å². The number of ether oxygens (including phenoxy) is 1. The van der Waals surface area contributed by atoms with Crippen molar-refractivity contribution in [1.29, 1.82) is 0 Å². The summed E-state index contributed by atoms with van der Waals surface area (Å²) in [6.45, 7) is 5.13. The summed E-state index contributed by atoms with van der Waals surface area (Å²) in [6, 6.07) is 17.7. The Balaban J connectivity index is 1.57. The normalized spacial score (nSPS) is 14.0. The molecule has 1 aliphatic heterocycles. The van der Waals surface area contributed by atoms with E-state index in [0.29, 0.717) is 10.8 Å². The van der Waals surface area contributed by atoms with Crippen LogP contribution in [0.2, 0.25) is 5.02 Å². The van der Waals surface area contributed by atoms with Crippen LogP contribution in [0.4, 0.5) is 28.7 Å². The van der Waals surface area contributed by atoms with Crippen LogP contribution in [-0.4, -0.2) is 36.3 Å². The number of benzene rings is 2. The number of nitrogens with one attached hydrogen (secondary N) is 2. The number of nitrogens with zero attached hydrogens (tertiary/aromatic N) is 3. The lowest BCUT2D eigenvalue weighted by Gasteiger charge is -2.30. The summed E-state index contributed by atoms with van der Waals surface area (Å²) in [6.07, 6.45) is 0. The third kappa shape index (κ3) is 4.52. The number of anilines is 5. The molecule has 3 aromatic rings. The van der Waals surface area contributed by atoms with Gasteiger partial charge in [-0.3, -0.25) is 0 Å². The molecule has 1 saturated heterocycles. The predicted octanol–water partition coefficient (Wildman–Crippen LogP) is 4.76. The Morgan fingerprint density at radius 2 is 1.61 bits per heavy atom. The molecule has 0 aliphatic carbocycles. The molecule has 0 unspecified atom stereocenters. The van der Waals surface area contributed by atoms with Crippen LogP contribution in [0.25, 0.3) is 0 Å². The van der Waals surface area contributed by atoms with Crippen molar-refractivity contribution in [3.05, 3.63) is 65.4 Å². The van der Waals surface area contributed by atoms with Gasteiger partial charge >= 0.3 is 0 Å². The minimum atomic E-state index is 0.685. The van der Waals surface area contributed by atoms with Crippen LogP contribution in [0.15, 0.2) is 54.6 Å². The molecule has 0 saturated carbocycles. The van der Waals surface area contributed by atoms with E-state index in [9.17, 15) is 0 Å². The zero-order chi connectivity index (χ0) is 19.3. The Kier molecular flexibility index (Phi) is 5.60. The van der Waals surface area contributed by atoms with Gasteiger partial charge in [0.1, 0.15) is 17.5 Å². The highest BCUT2D eigenvalue weighted by Gasteiger charge is 2.15. The second-order valence-electron chi connectivity index (χ2n) is 6.56. The van der Waals surface area contributed by atoms with E-state index in [1.54, 1.807) is 0 Å². The number of rotatable bonds is 5. The fraction of sp³-hybridized carbons (Fsp3) is 0.238. The van der Waals surface area contributed by atoms with Crippen LogP contribution >= 0.6 is 11.6 Å². The second kappa shape index (κ2) is 8.46. The van der Waals surface area contributed by atoms with Crippen LogP contribution in [-0.2, 0) is 4.74 Å². The van der Waals surface area contributed by atoms with Crippen LogP contribution in [0, 0.1) is 6.92 Å². The van der Waals surface area contributed by atoms with E-state index in [-0.39, 0.29) is 0 Å². The third-order valence-corrected chi connectivity index (χ3v) is 4.73. The average Bonchev–Trinajstić information content (AvgIpc) is 2.70. The van der Waals surface area contributed by atoms with Gasteiger partial charge in [-0.2, -0.15) is 0 Å². The standard InChI is InChI=1S/C21H22ClN5O/c1-15-23-20(25-17-8-6-16(22)7-9-17)14-21(24-15)26-18-4-2-3-5-19(18)27-10-12-28-13-11-27/h2-9,14H,10-13H2,1H3,(H2,23,24,25,26). The molecule has 1 aromatic heterocycles. The van der Waals surface area contributed by atoms with Crippen LogP contribution < -0.4 is 15.5 Å². The summed E-state index contributed by atoms with van der Waals surface area (Å²) in [7, 11) is 0. The molecule has 0 amide bonds. The molecular weight excluding hydrogens is 374 g/mol. The monoisotopic (exact) mass is 395 g/mol. The molecule has 1 aliphatic rings. The summed E-state index contributed by atoms with van der Waals surface area (Å²) in [4.78, 5) is 11.4. The molecule has 2 N–H and O–H groups in total. The first-order valence-electron chi connectivity index (χ1n) is 9.24.